The second kappa shape index (κ2) is 13.2. The molecule has 0 saturated carbocycles. The molecule has 11 heteroatoms. The molecule has 0 fully saturated rings. The number of hydrogen-bond acceptors (Lipinski definition) is 6. The highest BCUT2D eigenvalue weighted by atomic mass is 32.2. The monoisotopic (exact) mass is 721 g/mol. The quantitative estimate of drug-likeness (QED) is 0.155. The fraction of sp³-hybridized carbons (Fsp3) is 0.0714. The lowest BCUT2D eigenvalue weighted by Crippen LogP contribution is -2.26. The summed E-state index contributed by atoms with van der Waals surface area (Å²) in [6, 6.07) is 34.6. The summed E-state index contributed by atoms with van der Waals surface area (Å²) in [5.41, 5.74) is 7.03. The summed E-state index contributed by atoms with van der Waals surface area (Å²) in [5.74, 6) is -0.583. The Morgan fingerprint density at radius 1 is 0.755 bits per heavy atom. The Balaban J connectivity index is 1.38. The first-order chi connectivity index (χ1) is 25.6. The molecule has 0 atom stereocenters. The Hall–Kier alpha value is -6.59. The lowest BCUT2D eigenvalue weighted by Gasteiger charge is -2.21. The number of sulfonamides is 1. The van der Waals surface area contributed by atoms with Crippen LogP contribution in [0.4, 0.5) is 15.8 Å². The van der Waals surface area contributed by atoms with Crippen LogP contribution in [0.5, 0.6) is 0 Å². The Morgan fingerprint density at radius 3 is 2.15 bits per heavy atom. The van der Waals surface area contributed by atoms with Gasteiger partial charge in [0.2, 0.25) is 10.0 Å². The van der Waals surface area contributed by atoms with Gasteiger partial charge >= 0.3 is 0 Å². The molecule has 9 nitrogen and oxygen atoms in total. The van der Waals surface area contributed by atoms with Crippen molar-refractivity contribution >= 4 is 49.2 Å². The third kappa shape index (κ3) is 6.10. The first-order valence-corrected chi connectivity index (χ1v) is 18.5. The maximum atomic E-state index is 14.5. The number of pyridine rings is 2. The van der Waals surface area contributed by atoms with E-state index in [4.69, 9.17) is 4.42 Å². The van der Waals surface area contributed by atoms with Crippen LogP contribution in [-0.4, -0.2) is 49.2 Å². The van der Waals surface area contributed by atoms with Crippen LogP contribution in [0.15, 0.2) is 144 Å². The van der Waals surface area contributed by atoms with Crippen LogP contribution in [0.3, 0.4) is 0 Å². The summed E-state index contributed by atoms with van der Waals surface area (Å²) in [6.07, 6.45) is 7.83. The highest BCUT2D eigenvalue weighted by Gasteiger charge is 2.29. The molecule has 0 spiro atoms. The molecule has 4 aromatic heterocycles. The standard InChI is InChI=1S/C42H32FN5O4S/c1-46(32-15-19-44-20-16-32)42(49)40-35-25-34(38(47(2)53(3,50)51)26-39(35)52-41(40)27-11-13-31(43)14-12-27)28-8-6-9-29(23-28)37-24-30-7-4-5-10-36(30)48(37)33-17-21-45-22-18-33/h4-26H,1-3H3. The van der Waals surface area contributed by atoms with E-state index in [2.05, 4.69) is 32.7 Å². The molecule has 8 rings (SSSR count). The van der Waals surface area contributed by atoms with Crippen molar-refractivity contribution < 1.29 is 22.0 Å². The molecule has 262 valence electrons. The van der Waals surface area contributed by atoms with E-state index in [9.17, 15) is 17.6 Å². The van der Waals surface area contributed by atoms with E-state index in [0.717, 1.165) is 34.1 Å². The fourth-order valence-corrected chi connectivity index (χ4v) is 7.17. The predicted octanol–water partition coefficient (Wildman–Crippen LogP) is 8.98. The summed E-state index contributed by atoms with van der Waals surface area (Å²) < 4.78 is 50.1. The molecule has 0 bridgehead atoms. The van der Waals surface area contributed by atoms with Gasteiger partial charge in [-0.15, -0.1) is 0 Å². The highest BCUT2D eigenvalue weighted by Crippen LogP contribution is 2.43. The minimum Gasteiger partial charge on any atom is -0.455 e. The van der Waals surface area contributed by atoms with Gasteiger partial charge in [0.15, 0.2) is 0 Å². The van der Waals surface area contributed by atoms with Gasteiger partial charge in [-0.3, -0.25) is 19.1 Å². The fourth-order valence-electron chi connectivity index (χ4n) is 6.66. The molecule has 53 heavy (non-hydrogen) atoms. The van der Waals surface area contributed by atoms with Crippen LogP contribution in [0.1, 0.15) is 10.4 Å². The van der Waals surface area contributed by atoms with Crippen LogP contribution < -0.4 is 9.21 Å². The van der Waals surface area contributed by atoms with Crippen molar-refractivity contribution in [1.29, 1.82) is 0 Å². The van der Waals surface area contributed by atoms with Gasteiger partial charge in [-0.05, 0) is 83.9 Å². The summed E-state index contributed by atoms with van der Waals surface area (Å²) in [5, 5.41) is 1.52. The number of fused-ring (bicyclic) bond motifs is 2. The van der Waals surface area contributed by atoms with E-state index in [-0.39, 0.29) is 17.2 Å². The van der Waals surface area contributed by atoms with Gasteiger partial charge in [-0.1, -0.05) is 36.4 Å². The number of anilines is 2. The normalized spacial score (nSPS) is 11.6. The number of halogens is 1. The Bertz CT molecular complexity index is 2770. The van der Waals surface area contributed by atoms with Crippen molar-refractivity contribution in [2.45, 2.75) is 0 Å². The van der Waals surface area contributed by atoms with E-state index < -0.39 is 15.8 Å². The Kier molecular flexibility index (Phi) is 8.35. The van der Waals surface area contributed by atoms with Gasteiger partial charge in [0.25, 0.3) is 5.91 Å². The number of para-hydroxylation sites is 1. The zero-order valence-corrected chi connectivity index (χ0v) is 29.8. The molecule has 0 N–H and O–H groups in total. The van der Waals surface area contributed by atoms with Crippen LogP contribution in [0.25, 0.3) is 61.3 Å². The summed E-state index contributed by atoms with van der Waals surface area (Å²) in [4.78, 5) is 24.2. The molecule has 1 amide bonds. The Morgan fingerprint density at radius 2 is 1.43 bits per heavy atom. The number of hydrogen-bond donors (Lipinski definition) is 0. The summed E-state index contributed by atoms with van der Waals surface area (Å²) in [6.45, 7) is 0. The Labute approximate surface area is 305 Å². The SMILES string of the molecule is CN(C(=O)c1c(-c2ccc(F)cc2)oc2cc(N(C)S(C)(=O)=O)c(-c3cccc(-c4cc5ccccc5n4-c4ccncc4)c3)cc12)c1ccncc1. The predicted molar refractivity (Wildman–Crippen MR) is 207 cm³/mol. The van der Waals surface area contributed by atoms with E-state index in [1.807, 2.05) is 48.5 Å². The van der Waals surface area contributed by atoms with Gasteiger partial charge in [-0.25, -0.2) is 12.8 Å². The van der Waals surface area contributed by atoms with Gasteiger partial charge in [-0.2, -0.15) is 0 Å². The van der Waals surface area contributed by atoms with Gasteiger partial charge in [0.1, 0.15) is 17.2 Å². The number of furan rings is 1. The van der Waals surface area contributed by atoms with Crippen molar-refractivity contribution in [2.24, 2.45) is 0 Å². The third-order valence-corrected chi connectivity index (χ3v) is 10.6. The van der Waals surface area contributed by atoms with Crippen LogP contribution >= 0.6 is 0 Å². The van der Waals surface area contributed by atoms with Crippen LogP contribution in [0.2, 0.25) is 0 Å². The maximum absolute atomic E-state index is 14.5. The molecule has 4 heterocycles. The van der Waals surface area contributed by atoms with Crippen LogP contribution in [0, 0.1) is 5.82 Å². The van der Waals surface area contributed by atoms with E-state index >= 15 is 0 Å². The summed E-state index contributed by atoms with van der Waals surface area (Å²) in [7, 11) is -0.604. The van der Waals surface area contributed by atoms with Gasteiger partial charge < -0.3 is 13.9 Å². The molecule has 0 radical (unpaired) electrons. The highest BCUT2D eigenvalue weighted by molar-refractivity contribution is 7.92. The molecule has 0 aliphatic carbocycles. The van der Waals surface area contributed by atoms with Crippen molar-refractivity contribution in [3.05, 3.63) is 151 Å². The molecule has 0 aliphatic heterocycles. The average molecular weight is 722 g/mol. The van der Waals surface area contributed by atoms with Crippen LogP contribution in [-0.2, 0) is 10.0 Å². The number of aromatic nitrogens is 3. The summed E-state index contributed by atoms with van der Waals surface area (Å²) >= 11 is 0. The van der Waals surface area contributed by atoms with Gasteiger partial charge in [0, 0.05) is 78.2 Å². The number of rotatable bonds is 8. The number of carbonyl (C=O) groups is 1. The second-order valence-electron chi connectivity index (χ2n) is 12.7. The maximum Gasteiger partial charge on any atom is 0.262 e. The second-order valence-corrected chi connectivity index (χ2v) is 14.7. The van der Waals surface area contributed by atoms with Crippen molar-refractivity contribution in [2.75, 3.05) is 29.6 Å². The van der Waals surface area contributed by atoms with E-state index in [0.29, 0.717) is 39.0 Å². The zero-order chi connectivity index (χ0) is 36.9. The number of amides is 1. The topological polar surface area (TPSA) is 102 Å². The number of nitrogens with zero attached hydrogens (tertiary/aromatic N) is 5. The molecule has 0 saturated heterocycles. The van der Waals surface area contributed by atoms with Gasteiger partial charge in [0.05, 0.1) is 28.7 Å². The van der Waals surface area contributed by atoms with Crippen molar-refractivity contribution in [3.8, 4) is 39.4 Å². The minimum atomic E-state index is -3.74. The molecule has 8 aromatic rings. The molecule has 0 aliphatic rings. The lowest BCUT2D eigenvalue weighted by molar-refractivity contribution is 0.0994. The molecule has 0 unspecified atom stereocenters. The van der Waals surface area contributed by atoms with Crippen molar-refractivity contribution in [1.82, 2.24) is 14.5 Å². The smallest absolute Gasteiger partial charge is 0.262 e. The first-order valence-electron chi connectivity index (χ1n) is 16.7. The van der Waals surface area contributed by atoms with Crippen molar-refractivity contribution in [3.63, 3.8) is 0 Å². The average Bonchev–Trinajstić information content (AvgIpc) is 3.76. The molecular weight excluding hydrogens is 690 g/mol. The van der Waals surface area contributed by atoms with E-state index in [1.54, 1.807) is 68.2 Å². The third-order valence-electron chi connectivity index (χ3n) is 9.42. The minimum absolute atomic E-state index is 0.228. The first kappa shape index (κ1) is 33.5. The number of carbonyl (C=O) groups excluding carboxylic acids is 1. The largest absolute Gasteiger partial charge is 0.455 e. The zero-order valence-electron chi connectivity index (χ0n) is 28.9. The molecule has 4 aromatic carbocycles. The lowest BCUT2D eigenvalue weighted by atomic mass is 9.96. The molecular formula is C42H32FN5O4S. The number of benzene rings is 4. The van der Waals surface area contributed by atoms with E-state index in [1.165, 1.54) is 28.4 Å².